The Morgan fingerprint density at radius 2 is 1.45 bits per heavy atom. The van der Waals surface area contributed by atoms with Gasteiger partial charge >= 0.3 is 0 Å². The molecule has 1 aliphatic rings. The van der Waals surface area contributed by atoms with Gasteiger partial charge in [-0.05, 0) is 68.0 Å². The van der Waals surface area contributed by atoms with E-state index in [9.17, 15) is 9.59 Å². The molecule has 1 heterocycles. The molecule has 0 aromatic heterocycles. The topological polar surface area (TPSA) is 52.6 Å². The summed E-state index contributed by atoms with van der Waals surface area (Å²) in [6.45, 7) is 1.53. The molecule has 0 radical (unpaired) electrons. The van der Waals surface area contributed by atoms with Crippen LogP contribution in [0.25, 0.3) is 11.1 Å². The molecule has 0 saturated carbocycles. The number of carbonyl (C=O) groups excluding carboxylic acids is 2. The van der Waals surface area contributed by atoms with Gasteiger partial charge < -0.3 is 15.1 Å². The van der Waals surface area contributed by atoms with Gasteiger partial charge in [0.2, 0.25) is 0 Å². The molecule has 158 valence electrons. The van der Waals surface area contributed by atoms with Crippen LogP contribution in [0.5, 0.6) is 0 Å². The van der Waals surface area contributed by atoms with Gasteiger partial charge in [-0.3, -0.25) is 9.59 Å². The van der Waals surface area contributed by atoms with Crippen molar-refractivity contribution in [3.63, 3.8) is 0 Å². The first-order chi connectivity index (χ1) is 15.0. The Balaban J connectivity index is 1.37. The van der Waals surface area contributed by atoms with Crippen molar-refractivity contribution in [3.8, 4) is 11.1 Å². The van der Waals surface area contributed by atoms with E-state index in [-0.39, 0.29) is 11.8 Å². The monoisotopic (exact) mass is 413 g/mol. The summed E-state index contributed by atoms with van der Waals surface area (Å²) in [5.41, 5.74) is 4.08. The summed E-state index contributed by atoms with van der Waals surface area (Å²) < 4.78 is 0. The highest BCUT2D eigenvalue weighted by atomic mass is 16.2. The number of hydrogen-bond donors (Lipinski definition) is 1. The molecule has 31 heavy (non-hydrogen) atoms. The third kappa shape index (κ3) is 4.84. The van der Waals surface area contributed by atoms with Gasteiger partial charge in [-0.15, -0.1) is 0 Å². The van der Waals surface area contributed by atoms with Gasteiger partial charge in [-0.2, -0.15) is 0 Å². The fraction of sp³-hybridized carbons (Fsp3) is 0.231. The number of carbonyl (C=O) groups is 2. The smallest absolute Gasteiger partial charge is 0.255 e. The summed E-state index contributed by atoms with van der Waals surface area (Å²) in [7, 11) is 4.09. The summed E-state index contributed by atoms with van der Waals surface area (Å²) in [6, 6.07) is 25.1. The molecule has 1 atom stereocenters. The first kappa shape index (κ1) is 20.8. The van der Waals surface area contributed by atoms with Crippen molar-refractivity contribution in [2.24, 2.45) is 0 Å². The number of benzene rings is 3. The highest BCUT2D eigenvalue weighted by Crippen LogP contribution is 2.21. The van der Waals surface area contributed by atoms with Crippen molar-refractivity contribution in [1.82, 2.24) is 9.80 Å². The van der Waals surface area contributed by atoms with Gasteiger partial charge in [-0.1, -0.05) is 42.5 Å². The fourth-order valence-corrected chi connectivity index (χ4v) is 3.87. The highest BCUT2D eigenvalue weighted by molar-refractivity contribution is 6.04. The standard InChI is InChI=1S/C26H27N3O2/c1-28(2)24-16-17-29(18-24)26(31)22-12-14-23(15-13-22)27-25(30)21-10-8-20(9-11-21)19-6-4-3-5-7-19/h3-15,24H,16-18H2,1-2H3,(H,27,30). The second-order valence-electron chi connectivity index (χ2n) is 8.13. The lowest BCUT2D eigenvalue weighted by Crippen LogP contribution is -2.34. The Hall–Kier alpha value is -3.44. The quantitative estimate of drug-likeness (QED) is 0.675. The van der Waals surface area contributed by atoms with Gasteiger partial charge in [0.25, 0.3) is 11.8 Å². The minimum atomic E-state index is -0.174. The zero-order chi connectivity index (χ0) is 21.8. The third-order valence-electron chi connectivity index (χ3n) is 5.82. The molecule has 0 aliphatic carbocycles. The van der Waals surface area contributed by atoms with E-state index >= 15 is 0 Å². The molecule has 0 spiro atoms. The van der Waals surface area contributed by atoms with Crippen LogP contribution in [0.2, 0.25) is 0 Å². The Morgan fingerprint density at radius 3 is 2.06 bits per heavy atom. The number of nitrogens with one attached hydrogen (secondary N) is 1. The van der Waals surface area contributed by atoms with E-state index < -0.39 is 0 Å². The van der Waals surface area contributed by atoms with Gasteiger partial charge in [0, 0.05) is 35.9 Å². The molecule has 1 N–H and O–H groups in total. The average Bonchev–Trinajstić information content (AvgIpc) is 3.31. The molecular formula is C26H27N3O2. The molecule has 4 rings (SSSR count). The maximum Gasteiger partial charge on any atom is 0.255 e. The van der Waals surface area contributed by atoms with Gasteiger partial charge in [-0.25, -0.2) is 0 Å². The number of rotatable bonds is 5. The largest absolute Gasteiger partial charge is 0.337 e. The van der Waals surface area contributed by atoms with Crippen LogP contribution in [0, 0.1) is 0 Å². The maximum absolute atomic E-state index is 12.7. The molecule has 2 amide bonds. The van der Waals surface area contributed by atoms with Crippen LogP contribution >= 0.6 is 0 Å². The van der Waals surface area contributed by atoms with Crippen LogP contribution in [0.1, 0.15) is 27.1 Å². The number of likely N-dealkylation sites (N-methyl/N-ethyl adjacent to an activating group) is 1. The van der Waals surface area contributed by atoms with Gasteiger partial charge in [0.05, 0.1) is 0 Å². The highest BCUT2D eigenvalue weighted by Gasteiger charge is 2.27. The molecule has 1 fully saturated rings. The summed E-state index contributed by atoms with van der Waals surface area (Å²) in [6.07, 6.45) is 0.996. The van der Waals surface area contributed by atoms with Gasteiger partial charge in [0.1, 0.15) is 0 Å². The minimum Gasteiger partial charge on any atom is -0.337 e. The van der Waals surface area contributed by atoms with Crippen LogP contribution in [-0.4, -0.2) is 54.8 Å². The number of nitrogens with zero attached hydrogens (tertiary/aromatic N) is 2. The zero-order valence-electron chi connectivity index (χ0n) is 17.9. The average molecular weight is 414 g/mol. The Kier molecular flexibility index (Phi) is 6.14. The maximum atomic E-state index is 12.7. The van der Waals surface area contributed by atoms with E-state index in [1.54, 1.807) is 24.3 Å². The van der Waals surface area contributed by atoms with Crippen molar-refractivity contribution < 1.29 is 9.59 Å². The molecule has 5 nitrogen and oxygen atoms in total. The first-order valence-electron chi connectivity index (χ1n) is 10.5. The SMILES string of the molecule is CN(C)C1CCN(C(=O)c2ccc(NC(=O)c3ccc(-c4ccccc4)cc3)cc2)C1. The molecular weight excluding hydrogens is 386 g/mol. The minimum absolute atomic E-state index is 0.0405. The molecule has 3 aromatic rings. The molecule has 0 bridgehead atoms. The van der Waals surface area contributed by atoms with Gasteiger partial charge in [0.15, 0.2) is 0 Å². The Labute approximate surface area is 183 Å². The molecule has 1 saturated heterocycles. The van der Waals surface area contributed by atoms with E-state index in [2.05, 4.69) is 10.2 Å². The van der Waals surface area contributed by atoms with Crippen molar-refractivity contribution in [2.75, 3.05) is 32.5 Å². The molecule has 1 aliphatic heterocycles. The molecule has 3 aromatic carbocycles. The lowest BCUT2D eigenvalue weighted by atomic mass is 10.0. The third-order valence-corrected chi connectivity index (χ3v) is 5.82. The molecule has 5 heteroatoms. The number of likely N-dealkylation sites (tertiary alicyclic amines) is 1. The van der Waals surface area contributed by atoms with E-state index in [0.29, 0.717) is 22.9 Å². The lowest BCUT2D eigenvalue weighted by molar-refractivity contribution is 0.0783. The predicted octanol–water partition coefficient (Wildman–Crippen LogP) is 4.38. The van der Waals surface area contributed by atoms with Crippen molar-refractivity contribution in [1.29, 1.82) is 0 Å². The van der Waals surface area contributed by atoms with Crippen LogP contribution in [0.3, 0.4) is 0 Å². The number of hydrogen-bond acceptors (Lipinski definition) is 3. The van der Waals surface area contributed by atoms with E-state index in [4.69, 9.17) is 0 Å². The van der Waals surface area contributed by atoms with Crippen molar-refractivity contribution in [3.05, 3.63) is 90.0 Å². The van der Waals surface area contributed by atoms with Crippen LogP contribution in [0.4, 0.5) is 5.69 Å². The van der Waals surface area contributed by atoms with Crippen LogP contribution < -0.4 is 5.32 Å². The number of anilines is 1. The summed E-state index contributed by atoms with van der Waals surface area (Å²) in [5, 5.41) is 2.90. The second-order valence-corrected chi connectivity index (χ2v) is 8.13. The first-order valence-corrected chi connectivity index (χ1v) is 10.5. The van der Waals surface area contributed by atoms with E-state index in [0.717, 1.165) is 30.6 Å². The normalized spacial score (nSPS) is 15.8. The fourth-order valence-electron chi connectivity index (χ4n) is 3.87. The molecule has 1 unspecified atom stereocenters. The predicted molar refractivity (Wildman–Crippen MR) is 124 cm³/mol. The van der Waals surface area contributed by atoms with E-state index in [1.165, 1.54) is 0 Å². The Morgan fingerprint density at radius 1 is 0.839 bits per heavy atom. The van der Waals surface area contributed by atoms with Crippen molar-refractivity contribution >= 4 is 17.5 Å². The summed E-state index contributed by atoms with van der Waals surface area (Å²) >= 11 is 0. The second kappa shape index (κ2) is 9.14. The zero-order valence-corrected chi connectivity index (χ0v) is 17.9. The summed E-state index contributed by atoms with van der Waals surface area (Å²) in [4.78, 5) is 29.4. The summed E-state index contributed by atoms with van der Waals surface area (Å²) in [5.74, 6) is -0.134. The Bertz CT molecular complexity index is 1040. The number of amides is 2. The van der Waals surface area contributed by atoms with Crippen molar-refractivity contribution in [2.45, 2.75) is 12.5 Å². The van der Waals surface area contributed by atoms with E-state index in [1.807, 2.05) is 73.6 Å². The lowest BCUT2D eigenvalue weighted by Gasteiger charge is -2.20. The van der Waals surface area contributed by atoms with Crippen LogP contribution in [0.15, 0.2) is 78.9 Å². The van der Waals surface area contributed by atoms with Crippen LogP contribution in [-0.2, 0) is 0 Å².